The van der Waals surface area contributed by atoms with Crippen molar-refractivity contribution in [1.29, 1.82) is 0 Å². The maximum Gasteiger partial charge on any atom is 0.187 e. The van der Waals surface area contributed by atoms with Crippen LogP contribution in [-0.4, -0.2) is 48.0 Å². The molecule has 3 aliphatic rings. The van der Waals surface area contributed by atoms with Gasteiger partial charge < -0.3 is 28.8 Å². The van der Waals surface area contributed by atoms with Gasteiger partial charge in [0.25, 0.3) is 0 Å². The first-order valence-electron chi connectivity index (χ1n) is 15.6. The Morgan fingerprint density at radius 1 is 0.619 bits per heavy atom. The van der Waals surface area contributed by atoms with Crippen molar-refractivity contribution in [2.75, 3.05) is 0 Å². The zero-order chi connectivity index (χ0) is 28.7. The van der Waals surface area contributed by atoms with Crippen molar-refractivity contribution in [3.05, 3.63) is 108 Å². The third-order valence-electron chi connectivity index (χ3n) is 8.94. The topological polar surface area (TPSA) is 66.4 Å². The molecule has 0 aromatic heterocycles. The summed E-state index contributed by atoms with van der Waals surface area (Å²) in [4.78, 5) is 0. The van der Waals surface area contributed by atoms with Crippen LogP contribution in [0.25, 0.3) is 0 Å². The summed E-state index contributed by atoms with van der Waals surface area (Å²) in [5, 5.41) is 11.1. The summed E-state index contributed by atoms with van der Waals surface area (Å²) in [6, 6.07) is 30.5. The van der Waals surface area contributed by atoms with Gasteiger partial charge in [-0.2, -0.15) is 0 Å². The van der Waals surface area contributed by atoms with Crippen LogP contribution in [0.1, 0.15) is 55.7 Å². The fourth-order valence-corrected chi connectivity index (χ4v) is 6.53. The van der Waals surface area contributed by atoms with Crippen molar-refractivity contribution in [2.24, 2.45) is 11.8 Å². The van der Waals surface area contributed by atoms with Gasteiger partial charge in [0.05, 0.1) is 38.1 Å². The lowest BCUT2D eigenvalue weighted by atomic mass is 9.81. The van der Waals surface area contributed by atoms with E-state index < -0.39 is 24.6 Å². The molecule has 8 atom stereocenters. The van der Waals surface area contributed by atoms with Crippen molar-refractivity contribution >= 4 is 0 Å². The van der Waals surface area contributed by atoms with E-state index >= 15 is 0 Å². The van der Waals surface area contributed by atoms with Gasteiger partial charge in [-0.1, -0.05) is 97.4 Å². The number of aliphatic hydroxyl groups is 1. The number of rotatable bonds is 12. The molecule has 3 fully saturated rings. The summed E-state index contributed by atoms with van der Waals surface area (Å²) in [7, 11) is 0. The van der Waals surface area contributed by atoms with E-state index in [0.29, 0.717) is 31.7 Å². The molecular formula is C36H44O6. The SMILES string of the molecule is C[C@@H]1O[C@@H](O[C@H]2[C@H](O)CCC[C@@H]2C2CC2)[C@@H](OCc2ccccc2)[C@H](OCc2ccccc2)[C@@H]1OCc1ccccc1. The van der Waals surface area contributed by atoms with Gasteiger partial charge in [-0.15, -0.1) is 0 Å². The third-order valence-corrected chi connectivity index (χ3v) is 8.94. The molecule has 2 saturated carbocycles. The summed E-state index contributed by atoms with van der Waals surface area (Å²) in [5.41, 5.74) is 3.23. The standard InChI is InChI=1S/C36H44O6/c1-25-32(38-22-26-12-5-2-6-13-26)34(39-23-27-14-7-3-8-15-27)35(40-24-28-16-9-4-10-17-28)36(41-25)42-33-30(29-20-21-29)18-11-19-31(33)37/h2-10,12-17,25,29-37H,11,18-24H2,1H3/t25-,30+,31+,32+,33+,34+,35-,36-/m0/s1. The minimum atomic E-state index is -0.694. The van der Waals surface area contributed by atoms with Crippen LogP contribution in [0.15, 0.2) is 91.0 Å². The molecule has 2 aliphatic carbocycles. The van der Waals surface area contributed by atoms with E-state index in [0.717, 1.165) is 36.0 Å². The molecule has 3 aromatic carbocycles. The molecule has 0 unspecified atom stereocenters. The Kier molecular flexibility index (Phi) is 10.0. The van der Waals surface area contributed by atoms with Crippen molar-refractivity contribution in [3.8, 4) is 0 Å². The summed E-state index contributed by atoms with van der Waals surface area (Å²) < 4.78 is 33.3. The molecule has 0 bridgehead atoms. The van der Waals surface area contributed by atoms with Gasteiger partial charge >= 0.3 is 0 Å². The Labute approximate surface area is 249 Å². The molecule has 42 heavy (non-hydrogen) atoms. The zero-order valence-electron chi connectivity index (χ0n) is 24.5. The molecule has 6 heteroatoms. The Morgan fingerprint density at radius 2 is 1.12 bits per heavy atom. The summed E-state index contributed by atoms with van der Waals surface area (Å²) in [6.45, 7) is 3.26. The van der Waals surface area contributed by atoms with E-state index in [2.05, 4.69) is 36.4 Å². The quantitative estimate of drug-likeness (QED) is 0.269. The highest BCUT2D eigenvalue weighted by molar-refractivity contribution is 5.15. The van der Waals surface area contributed by atoms with E-state index in [9.17, 15) is 5.11 Å². The Hall–Kier alpha value is -2.58. The van der Waals surface area contributed by atoms with Crippen LogP contribution in [0.4, 0.5) is 0 Å². The Bertz CT molecular complexity index is 1200. The molecule has 0 radical (unpaired) electrons. The van der Waals surface area contributed by atoms with Crippen molar-refractivity contribution in [2.45, 2.75) is 102 Å². The first-order chi connectivity index (χ1) is 20.7. The number of hydrogen-bond acceptors (Lipinski definition) is 6. The number of benzene rings is 3. The largest absolute Gasteiger partial charge is 0.390 e. The fourth-order valence-electron chi connectivity index (χ4n) is 6.53. The van der Waals surface area contributed by atoms with Crippen molar-refractivity contribution < 1.29 is 28.8 Å². The lowest BCUT2D eigenvalue weighted by Crippen LogP contribution is -2.61. The monoisotopic (exact) mass is 572 g/mol. The Morgan fingerprint density at radius 3 is 1.64 bits per heavy atom. The highest BCUT2D eigenvalue weighted by atomic mass is 16.7. The second-order valence-corrected chi connectivity index (χ2v) is 12.1. The average Bonchev–Trinajstić information content (AvgIpc) is 3.87. The van der Waals surface area contributed by atoms with E-state index in [1.807, 2.05) is 61.5 Å². The molecular weight excluding hydrogens is 528 g/mol. The predicted molar refractivity (Wildman–Crippen MR) is 160 cm³/mol. The van der Waals surface area contributed by atoms with Crippen LogP contribution < -0.4 is 0 Å². The maximum absolute atomic E-state index is 11.1. The normalized spacial score (nSPS) is 31.6. The second-order valence-electron chi connectivity index (χ2n) is 12.1. The fraction of sp³-hybridized carbons (Fsp3) is 0.500. The van der Waals surface area contributed by atoms with Gasteiger partial charge in [-0.25, -0.2) is 0 Å². The van der Waals surface area contributed by atoms with Crippen LogP contribution in [0, 0.1) is 11.8 Å². The van der Waals surface area contributed by atoms with Crippen molar-refractivity contribution in [3.63, 3.8) is 0 Å². The number of ether oxygens (including phenoxy) is 5. The van der Waals surface area contributed by atoms with Crippen LogP contribution >= 0.6 is 0 Å². The van der Waals surface area contributed by atoms with Crippen molar-refractivity contribution in [1.82, 2.24) is 0 Å². The van der Waals surface area contributed by atoms with Gasteiger partial charge in [0, 0.05) is 0 Å². The van der Waals surface area contributed by atoms with E-state index in [-0.39, 0.29) is 18.3 Å². The molecule has 6 rings (SSSR count). The lowest BCUT2D eigenvalue weighted by Gasteiger charge is -2.47. The molecule has 0 spiro atoms. The summed E-state index contributed by atoms with van der Waals surface area (Å²) in [6.07, 6.45) is 2.13. The van der Waals surface area contributed by atoms with E-state index in [4.69, 9.17) is 23.7 Å². The van der Waals surface area contributed by atoms with Gasteiger partial charge in [0.15, 0.2) is 6.29 Å². The molecule has 224 valence electrons. The number of hydrogen-bond donors (Lipinski definition) is 1. The van der Waals surface area contributed by atoms with Gasteiger partial charge in [0.2, 0.25) is 0 Å². The molecule has 1 heterocycles. The van der Waals surface area contributed by atoms with Crippen LogP contribution in [0.5, 0.6) is 0 Å². The Balaban J connectivity index is 1.27. The summed E-state index contributed by atoms with van der Waals surface area (Å²) in [5.74, 6) is 0.972. The molecule has 3 aromatic rings. The molecule has 1 aliphatic heterocycles. The first kappa shape index (κ1) is 29.5. The second kappa shape index (κ2) is 14.3. The van der Waals surface area contributed by atoms with Crippen LogP contribution in [-0.2, 0) is 43.5 Å². The highest BCUT2D eigenvalue weighted by Gasteiger charge is 2.50. The minimum absolute atomic E-state index is 0.275. The number of aliphatic hydroxyl groups excluding tert-OH is 1. The molecule has 1 N–H and O–H groups in total. The average molecular weight is 573 g/mol. The van der Waals surface area contributed by atoms with E-state index in [1.165, 1.54) is 12.8 Å². The molecule has 6 nitrogen and oxygen atoms in total. The third kappa shape index (κ3) is 7.49. The van der Waals surface area contributed by atoms with Gasteiger partial charge in [-0.3, -0.25) is 0 Å². The smallest absolute Gasteiger partial charge is 0.187 e. The maximum atomic E-state index is 11.1. The van der Waals surface area contributed by atoms with Gasteiger partial charge in [0.1, 0.15) is 18.3 Å². The molecule has 1 saturated heterocycles. The summed E-state index contributed by atoms with van der Waals surface area (Å²) >= 11 is 0. The predicted octanol–water partition coefficient (Wildman–Crippen LogP) is 6.44. The van der Waals surface area contributed by atoms with Crippen LogP contribution in [0.2, 0.25) is 0 Å². The molecule has 0 amide bonds. The zero-order valence-corrected chi connectivity index (χ0v) is 24.5. The minimum Gasteiger partial charge on any atom is -0.390 e. The first-order valence-corrected chi connectivity index (χ1v) is 15.6. The van der Waals surface area contributed by atoms with Gasteiger partial charge in [-0.05, 0) is 61.1 Å². The lowest BCUT2D eigenvalue weighted by molar-refractivity contribution is -0.338. The van der Waals surface area contributed by atoms with Crippen LogP contribution in [0.3, 0.4) is 0 Å². The van der Waals surface area contributed by atoms with E-state index in [1.54, 1.807) is 0 Å². The highest BCUT2D eigenvalue weighted by Crippen LogP contribution is 2.46.